The fraction of sp³-hybridized carbons (Fsp3) is 0.947. The molecule has 2 unspecified atom stereocenters. The van der Waals surface area contributed by atoms with Crippen molar-refractivity contribution >= 4 is 5.91 Å². The molecule has 1 saturated carbocycles. The molecule has 1 N–H and O–H groups in total. The summed E-state index contributed by atoms with van der Waals surface area (Å²) in [4.78, 5) is 15.1. The SMILES string of the molecule is CCCC1CC(NC(=O)C(C)(C)C)CN(C2CCCCC2)C1. The van der Waals surface area contributed by atoms with Gasteiger partial charge in [-0.05, 0) is 31.6 Å². The number of hydrogen-bond donors (Lipinski definition) is 1. The first-order valence-electron chi connectivity index (χ1n) is 9.45. The number of hydrogen-bond acceptors (Lipinski definition) is 2. The second-order valence-electron chi connectivity index (χ2n) is 8.56. The lowest BCUT2D eigenvalue weighted by Gasteiger charge is -2.44. The number of carbonyl (C=O) groups is 1. The second kappa shape index (κ2) is 7.81. The number of amides is 1. The first-order chi connectivity index (χ1) is 10.4. The van der Waals surface area contributed by atoms with Gasteiger partial charge in [0.1, 0.15) is 0 Å². The van der Waals surface area contributed by atoms with Crippen LogP contribution in [0, 0.1) is 11.3 Å². The van der Waals surface area contributed by atoms with Gasteiger partial charge in [-0.15, -0.1) is 0 Å². The van der Waals surface area contributed by atoms with Crippen LogP contribution in [0.1, 0.15) is 79.1 Å². The molecular weight excluding hydrogens is 272 g/mol. The minimum Gasteiger partial charge on any atom is -0.352 e. The van der Waals surface area contributed by atoms with E-state index in [0.29, 0.717) is 6.04 Å². The van der Waals surface area contributed by atoms with E-state index in [1.54, 1.807) is 0 Å². The van der Waals surface area contributed by atoms with Crippen LogP contribution in [-0.2, 0) is 4.79 Å². The molecule has 0 aromatic heterocycles. The number of carbonyl (C=O) groups excluding carboxylic acids is 1. The monoisotopic (exact) mass is 308 g/mol. The highest BCUT2D eigenvalue weighted by atomic mass is 16.2. The fourth-order valence-electron chi connectivity index (χ4n) is 4.11. The molecule has 0 radical (unpaired) electrons. The average molecular weight is 309 g/mol. The van der Waals surface area contributed by atoms with Crippen molar-refractivity contribution in [2.75, 3.05) is 13.1 Å². The van der Waals surface area contributed by atoms with Crippen LogP contribution >= 0.6 is 0 Å². The van der Waals surface area contributed by atoms with Crippen LogP contribution in [0.3, 0.4) is 0 Å². The summed E-state index contributed by atoms with van der Waals surface area (Å²) in [6, 6.07) is 1.11. The number of nitrogens with zero attached hydrogens (tertiary/aromatic N) is 1. The normalized spacial score (nSPS) is 28.5. The molecule has 22 heavy (non-hydrogen) atoms. The maximum Gasteiger partial charge on any atom is 0.225 e. The van der Waals surface area contributed by atoms with Gasteiger partial charge in [0.2, 0.25) is 5.91 Å². The fourth-order valence-corrected chi connectivity index (χ4v) is 4.11. The largest absolute Gasteiger partial charge is 0.352 e. The summed E-state index contributed by atoms with van der Waals surface area (Å²) in [6.07, 6.45) is 10.6. The molecule has 1 saturated heterocycles. The Kier molecular flexibility index (Phi) is 6.31. The summed E-state index contributed by atoms with van der Waals surface area (Å²) in [5, 5.41) is 3.34. The molecule has 2 atom stereocenters. The second-order valence-corrected chi connectivity index (χ2v) is 8.56. The molecule has 2 rings (SSSR count). The predicted octanol–water partition coefficient (Wildman–Crippen LogP) is 3.97. The number of piperidine rings is 1. The Morgan fingerprint density at radius 3 is 2.41 bits per heavy atom. The van der Waals surface area contributed by atoms with Gasteiger partial charge in [-0.2, -0.15) is 0 Å². The average Bonchev–Trinajstić information content (AvgIpc) is 2.47. The summed E-state index contributed by atoms with van der Waals surface area (Å²) in [5.41, 5.74) is -0.284. The molecule has 1 heterocycles. The Morgan fingerprint density at radius 2 is 1.82 bits per heavy atom. The smallest absolute Gasteiger partial charge is 0.225 e. The molecule has 0 spiro atoms. The molecule has 2 fully saturated rings. The van der Waals surface area contributed by atoms with E-state index in [1.165, 1.54) is 57.9 Å². The lowest BCUT2D eigenvalue weighted by Crippen LogP contribution is -2.55. The number of likely N-dealkylation sites (tertiary alicyclic amines) is 1. The van der Waals surface area contributed by atoms with Gasteiger partial charge in [0.05, 0.1) is 0 Å². The lowest BCUT2D eigenvalue weighted by atomic mass is 9.86. The third kappa shape index (κ3) is 4.97. The van der Waals surface area contributed by atoms with Gasteiger partial charge in [-0.1, -0.05) is 53.4 Å². The van der Waals surface area contributed by atoms with E-state index < -0.39 is 0 Å². The van der Waals surface area contributed by atoms with E-state index in [2.05, 4.69) is 17.1 Å². The summed E-state index contributed by atoms with van der Waals surface area (Å²) in [6.45, 7) is 10.6. The summed E-state index contributed by atoms with van der Waals surface area (Å²) in [7, 11) is 0. The van der Waals surface area contributed by atoms with Crippen molar-refractivity contribution in [2.24, 2.45) is 11.3 Å². The first-order valence-corrected chi connectivity index (χ1v) is 9.45. The highest BCUT2D eigenvalue weighted by molar-refractivity contribution is 5.81. The van der Waals surface area contributed by atoms with Gasteiger partial charge < -0.3 is 5.32 Å². The molecule has 1 amide bonds. The summed E-state index contributed by atoms with van der Waals surface area (Å²) >= 11 is 0. The van der Waals surface area contributed by atoms with Gasteiger partial charge in [-0.3, -0.25) is 9.69 Å². The van der Waals surface area contributed by atoms with E-state index in [4.69, 9.17) is 0 Å². The van der Waals surface area contributed by atoms with Gasteiger partial charge in [0, 0.05) is 30.6 Å². The van der Waals surface area contributed by atoms with Crippen molar-refractivity contribution in [3.8, 4) is 0 Å². The van der Waals surface area contributed by atoms with Gasteiger partial charge in [-0.25, -0.2) is 0 Å². The summed E-state index contributed by atoms with van der Waals surface area (Å²) in [5.74, 6) is 0.962. The molecule has 3 heteroatoms. The molecule has 0 aromatic rings. The van der Waals surface area contributed by atoms with Gasteiger partial charge in [0.25, 0.3) is 0 Å². The topological polar surface area (TPSA) is 32.3 Å². The van der Waals surface area contributed by atoms with E-state index in [9.17, 15) is 4.79 Å². The zero-order valence-electron chi connectivity index (χ0n) is 15.2. The van der Waals surface area contributed by atoms with Gasteiger partial charge in [0.15, 0.2) is 0 Å². The molecule has 1 aliphatic heterocycles. The van der Waals surface area contributed by atoms with Gasteiger partial charge >= 0.3 is 0 Å². The van der Waals surface area contributed by atoms with Crippen molar-refractivity contribution in [3.05, 3.63) is 0 Å². The highest BCUT2D eigenvalue weighted by Crippen LogP contribution is 2.29. The number of nitrogens with one attached hydrogen (secondary N) is 1. The molecular formula is C19H36N2O. The Morgan fingerprint density at radius 1 is 1.14 bits per heavy atom. The van der Waals surface area contributed by atoms with Crippen LogP contribution in [0.4, 0.5) is 0 Å². The molecule has 3 nitrogen and oxygen atoms in total. The maximum absolute atomic E-state index is 12.4. The van der Waals surface area contributed by atoms with E-state index in [0.717, 1.165) is 18.5 Å². The quantitative estimate of drug-likeness (QED) is 0.852. The Hall–Kier alpha value is -0.570. The number of rotatable bonds is 4. The first kappa shape index (κ1) is 17.8. The highest BCUT2D eigenvalue weighted by Gasteiger charge is 2.33. The minimum absolute atomic E-state index is 0.207. The third-order valence-electron chi connectivity index (χ3n) is 5.37. The maximum atomic E-state index is 12.4. The third-order valence-corrected chi connectivity index (χ3v) is 5.37. The van der Waals surface area contributed by atoms with Crippen molar-refractivity contribution in [1.29, 1.82) is 0 Å². The van der Waals surface area contributed by atoms with Crippen molar-refractivity contribution < 1.29 is 4.79 Å². The van der Waals surface area contributed by atoms with E-state index in [-0.39, 0.29) is 11.3 Å². The molecule has 2 aliphatic rings. The standard InChI is InChI=1S/C19H36N2O/c1-5-9-15-12-16(20-18(22)19(2,3)4)14-21(13-15)17-10-7-6-8-11-17/h15-17H,5-14H2,1-4H3,(H,20,22). The Balaban J connectivity index is 1.98. The van der Waals surface area contributed by atoms with Crippen LogP contribution in [0.2, 0.25) is 0 Å². The summed E-state index contributed by atoms with van der Waals surface area (Å²) < 4.78 is 0. The minimum atomic E-state index is -0.284. The lowest BCUT2D eigenvalue weighted by molar-refractivity contribution is -0.130. The van der Waals surface area contributed by atoms with E-state index in [1.807, 2.05) is 20.8 Å². The Bertz CT molecular complexity index is 355. The van der Waals surface area contributed by atoms with Crippen LogP contribution in [-0.4, -0.2) is 36.0 Å². The zero-order chi connectivity index (χ0) is 16.2. The van der Waals surface area contributed by atoms with Crippen LogP contribution in [0.5, 0.6) is 0 Å². The van der Waals surface area contributed by atoms with Crippen LogP contribution in [0.25, 0.3) is 0 Å². The molecule has 1 aliphatic carbocycles. The Labute approximate surface area is 137 Å². The molecule has 0 bridgehead atoms. The molecule has 128 valence electrons. The van der Waals surface area contributed by atoms with Crippen molar-refractivity contribution in [1.82, 2.24) is 10.2 Å². The van der Waals surface area contributed by atoms with E-state index >= 15 is 0 Å². The van der Waals surface area contributed by atoms with Crippen LogP contribution < -0.4 is 5.32 Å². The van der Waals surface area contributed by atoms with Crippen molar-refractivity contribution in [2.45, 2.75) is 91.1 Å². The predicted molar refractivity (Wildman–Crippen MR) is 92.8 cm³/mol. The molecule has 0 aromatic carbocycles. The van der Waals surface area contributed by atoms with Crippen molar-refractivity contribution in [3.63, 3.8) is 0 Å². The van der Waals surface area contributed by atoms with Crippen LogP contribution in [0.15, 0.2) is 0 Å². The zero-order valence-corrected chi connectivity index (χ0v) is 15.2.